The van der Waals surface area contributed by atoms with Gasteiger partial charge in [0.25, 0.3) is 5.91 Å². The Balaban J connectivity index is 2.26. The van der Waals surface area contributed by atoms with Crippen molar-refractivity contribution >= 4 is 5.91 Å². The summed E-state index contributed by atoms with van der Waals surface area (Å²) in [5.74, 6) is 0.420. The number of amides is 1. The maximum atomic E-state index is 12.5. The summed E-state index contributed by atoms with van der Waals surface area (Å²) < 4.78 is 5.26. The molecule has 0 radical (unpaired) electrons. The van der Waals surface area contributed by atoms with Gasteiger partial charge in [0, 0.05) is 6.54 Å². The highest BCUT2D eigenvalue weighted by molar-refractivity contribution is 5.97. The molecule has 20 heavy (non-hydrogen) atoms. The van der Waals surface area contributed by atoms with Gasteiger partial charge in [-0.15, -0.1) is 6.58 Å². The van der Waals surface area contributed by atoms with Crippen LogP contribution < -0.4 is 0 Å². The number of phenols is 1. The van der Waals surface area contributed by atoms with Gasteiger partial charge in [-0.3, -0.25) is 4.79 Å². The fraction of sp³-hybridized carbons (Fsp3) is 0.188. The average Bonchev–Trinajstić information content (AvgIpc) is 2.93. The Labute approximate surface area is 117 Å². The lowest BCUT2D eigenvalue weighted by Gasteiger charge is -2.20. The zero-order valence-electron chi connectivity index (χ0n) is 11.4. The molecule has 1 heterocycles. The lowest BCUT2D eigenvalue weighted by atomic mass is 10.1. The number of hydrogen-bond acceptors (Lipinski definition) is 3. The van der Waals surface area contributed by atoms with Gasteiger partial charge in [0.1, 0.15) is 11.5 Å². The molecule has 4 heteroatoms. The van der Waals surface area contributed by atoms with Crippen LogP contribution in [0.15, 0.2) is 53.7 Å². The SMILES string of the molecule is C=CCN(Cc1ccco1)C(=O)c1cc(C)ccc1O. The molecule has 4 nitrogen and oxygen atoms in total. The summed E-state index contributed by atoms with van der Waals surface area (Å²) >= 11 is 0. The smallest absolute Gasteiger partial charge is 0.258 e. The predicted octanol–water partition coefficient (Wildman–Crippen LogP) is 3.12. The van der Waals surface area contributed by atoms with Crippen LogP contribution in [0.25, 0.3) is 0 Å². The summed E-state index contributed by atoms with van der Waals surface area (Å²) in [6.07, 6.45) is 3.21. The number of carbonyl (C=O) groups excluding carboxylic acids is 1. The van der Waals surface area contributed by atoms with Crippen LogP contribution in [0.1, 0.15) is 21.7 Å². The van der Waals surface area contributed by atoms with Gasteiger partial charge in [-0.2, -0.15) is 0 Å². The zero-order valence-corrected chi connectivity index (χ0v) is 11.4. The minimum Gasteiger partial charge on any atom is -0.507 e. The van der Waals surface area contributed by atoms with Gasteiger partial charge < -0.3 is 14.4 Å². The Hall–Kier alpha value is -2.49. The van der Waals surface area contributed by atoms with E-state index in [0.717, 1.165) is 5.56 Å². The van der Waals surface area contributed by atoms with Crippen molar-refractivity contribution in [2.45, 2.75) is 13.5 Å². The van der Waals surface area contributed by atoms with Crippen molar-refractivity contribution in [2.75, 3.05) is 6.54 Å². The van der Waals surface area contributed by atoms with Gasteiger partial charge in [0.15, 0.2) is 0 Å². The second-order valence-corrected chi connectivity index (χ2v) is 4.57. The highest BCUT2D eigenvalue weighted by Gasteiger charge is 2.19. The fourth-order valence-corrected chi connectivity index (χ4v) is 1.96. The molecule has 0 saturated carbocycles. The number of phenolic OH excluding ortho intramolecular Hbond substituents is 1. The molecule has 2 rings (SSSR count). The molecule has 0 fully saturated rings. The second kappa shape index (κ2) is 6.10. The molecule has 0 atom stereocenters. The number of hydrogen-bond donors (Lipinski definition) is 1. The van der Waals surface area contributed by atoms with Crippen molar-refractivity contribution in [1.82, 2.24) is 4.90 Å². The third-order valence-corrected chi connectivity index (χ3v) is 2.95. The maximum Gasteiger partial charge on any atom is 0.258 e. The lowest BCUT2D eigenvalue weighted by molar-refractivity contribution is 0.0749. The monoisotopic (exact) mass is 271 g/mol. The quantitative estimate of drug-likeness (QED) is 0.850. The van der Waals surface area contributed by atoms with Crippen LogP contribution in [0.4, 0.5) is 0 Å². The van der Waals surface area contributed by atoms with Crippen molar-refractivity contribution in [1.29, 1.82) is 0 Å². The Morgan fingerprint density at radius 3 is 2.90 bits per heavy atom. The number of benzene rings is 1. The molecule has 0 aliphatic carbocycles. The Bertz CT molecular complexity index is 602. The molecule has 104 valence electrons. The van der Waals surface area contributed by atoms with Crippen molar-refractivity contribution in [2.24, 2.45) is 0 Å². The first-order valence-corrected chi connectivity index (χ1v) is 6.34. The van der Waals surface area contributed by atoms with Gasteiger partial charge in [-0.1, -0.05) is 17.7 Å². The van der Waals surface area contributed by atoms with Crippen LogP contribution >= 0.6 is 0 Å². The number of nitrogens with zero attached hydrogens (tertiary/aromatic N) is 1. The number of rotatable bonds is 5. The van der Waals surface area contributed by atoms with E-state index in [0.29, 0.717) is 24.4 Å². The Morgan fingerprint density at radius 2 is 2.25 bits per heavy atom. The summed E-state index contributed by atoms with van der Waals surface area (Å²) in [4.78, 5) is 14.1. The van der Waals surface area contributed by atoms with Crippen molar-refractivity contribution in [3.63, 3.8) is 0 Å². The fourth-order valence-electron chi connectivity index (χ4n) is 1.96. The molecule has 1 amide bonds. The molecule has 1 aromatic carbocycles. The van der Waals surface area contributed by atoms with Crippen LogP contribution in [0, 0.1) is 6.92 Å². The van der Waals surface area contributed by atoms with E-state index >= 15 is 0 Å². The van der Waals surface area contributed by atoms with Crippen LogP contribution in [0.3, 0.4) is 0 Å². The molecule has 0 saturated heterocycles. The number of carbonyl (C=O) groups is 1. The van der Waals surface area contributed by atoms with E-state index in [1.165, 1.54) is 6.07 Å². The summed E-state index contributed by atoms with van der Waals surface area (Å²) in [5, 5.41) is 9.85. The van der Waals surface area contributed by atoms with E-state index in [4.69, 9.17) is 4.42 Å². The molecule has 0 spiro atoms. The van der Waals surface area contributed by atoms with Crippen LogP contribution in [-0.2, 0) is 6.54 Å². The Morgan fingerprint density at radius 1 is 1.45 bits per heavy atom. The zero-order chi connectivity index (χ0) is 14.5. The first-order chi connectivity index (χ1) is 9.61. The minimum atomic E-state index is -0.248. The number of furan rings is 1. The molecule has 0 aliphatic heterocycles. The highest BCUT2D eigenvalue weighted by atomic mass is 16.3. The first-order valence-electron chi connectivity index (χ1n) is 6.34. The van der Waals surface area contributed by atoms with E-state index in [2.05, 4.69) is 6.58 Å². The molecule has 2 aromatic rings. The maximum absolute atomic E-state index is 12.5. The third-order valence-electron chi connectivity index (χ3n) is 2.95. The van der Waals surface area contributed by atoms with Crippen molar-refractivity contribution < 1.29 is 14.3 Å². The van der Waals surface area contributed by atoms with Gasteiger partial charge in [-0.05, 0) is 31.2 Å². The minimum absolute atomic E-state index is 0.0193. The first kappa shape index (κ1) is 13.9. The molecule has 1 N–H and O–H groups in total. The van der Waals surface area contributed by atoms with Crippen LogP contribution in [-0.4, -0.2) is 22.5 Å². The summed E-state index contributed by atoms with van der Waals surface area (Å²) in [5.41, 5.74) is 1.21. The van der Waals surface area contributed by atoms with E-state index in [1.54, 1.807) is 41.5 Å². The predicted molar refractivity (Wildman–Crippen MR) is 76.5 cm³/mol. The lowest BCUT2D eigenvalue weighted by Crippen LogP contribution is -2.30. The summed E-state index contributed by atoms with van der Waals surface area (Å²) in [7, 11) is 0. The van der Waals surface area contributed by atoms with Gasteiger partial charge in [0.2, 0.25) is 0 Å². The van der Waals surface area contributed by atoms with Gasteiger partial charge >= 0.3 is 0 Å². The largest absolute Gasteiger partial charge is 0.507 e. The third kappa shape index (κ3) is 3.09. The second-order valence-electron chi connectivity index (χ2n) is 4.57. The van der Waals surface area contributed by atoms with Crippen LogP contribution in [0.2, 0.25) is 0 Å². The van der Waals surface area contributed by atoms with E-state index in [9.17, 15) is 9.90 Å². The van der Waals surface area contributed by atoms with E-state index in [-0.39, 0.29) is 11.7 Å². The van der Waals surface area contributed by atoms with E-state index < -0.39 is 0 Å². The average molecular weight is 271 g/mol. The molecule has 1 aromatic heterocycles. The molecular weight excluding hydrogens is 254 g/mol. The molecule has 0 aliphatic rings. The van der Waals surface area contributed by atoms with Crippen LogP contribution in [0.5, 0.6) is 5.75 Å². The van der Waals surface area contributed by atoms with Crippen molar-refractivity contribution in [3.8, 4) is 5.75 Å². The van der Waals surface area contributed by atoms with Gasteiger partial charge in [0.05, 0.1) is 18.4 Å². The molecule has 0 bridgehead atoms. The van der Waals surface area contributed by atoms with Crippen molar-refractivity contribution in [3.05, 3.63) is 66.1 Å². The Kier molecular flexibility index (Phi) is 4.25. The topological polar surface area (TPSA) is 53.7 Å². The summed E-state index contributed by atoms with van der Waals surface area (Å²) in [6.45, 7) is 6.25. The molecular formula is C16H17NO3. The number of aromatic hydroxyl groups is 1. The summed E-state index contributed by atoms with van der Waals surface area (Å²) in [6, 6.07) is 8.55. The highest BCUT2D eigenvalue weighted by Crippen LogP contribution is 2.21. The number of aryl methyl sites for hydroxylation is 1. The molecule has 0 unspecified atom stereocenters. The normalized spacial score (nSPS) is 10.2. The van der Waals surface area contributed by atoms with Gasteiger partial charge in [-0.25, -0.2) is 0 Å². The standard InChI is InChI=1S/C16H17NO3/c1-3-8-17(11-13-5-4-9-20-13)16(19)14-10-12(2)6-7-15(14)18/h3-7,9-10,18H,1,8,11H2,2H3. The van der Waals surface area contributed by atoms with E-state index in [1.807, 2.05) is 6.92 Å².